The van der Waals surface area contributed by atoms with Gasteiger partial charge in [0.2, 0.25) is 0 Å². The van der Waals surface area contributed by atoms with Crippen molar-refractivity contribution < 1.29 is 26.7 Å². The van der Waals surface area contributed by atoms with Gasteiger partial charge in [-0.05, 0) is 42.0 Å². The lowest BCUT2D eigenvalue weighted by Crippen LogP contribution is -2.25. The smallest absolute Gasteiger partial charge is 0.387 e. The molecule has 1 saturated heterocycles. The van der Waals surface area contributed by atoms with E-state index in [1.807, 2.05) is 18.2 Å². The van der Waals surface area contributed by atoms with Crippen molar-refractivity contribution >= 4 is 14.4 Å². The lowest BCUT2D eigenvalue weighted by atomic mass is 9.77. The van der Waals surface area contributed by atoms with E-state index in [1.165, 1.54) is 30.6 Å². The zero-order chi connectivity index (χ0) is 24.3. The second-order valence-electron chi connectivity index (χ2n) is 9.26. The van der Waals surface area contributed by atoms with Crippen molar-refractivity contribution in [2.75, 3.05) is 0 Å². The van der Waals surface area contributed by atoms with E-state index in [-0.39, 0.29) is 17.6 Å². The summed E-state index contributed by atoms with van der Waals surface area (Å²) in [5, 5.41) is 0. The number of allylic oxidation sites excluding steroid dienone is 4. The van der Waals surface area contributed by atoms with Gasteiger partial charge in [0.15, 0.2) is 23.1 Å². The molecule has 4 rings (SSSR count). The Balaban J connectivity index is 1.67. The summed E-state index contributed by atoms with van der Waals surface area (Å²) < 4.78 is 75.2. The standard InChI is InChI=1S/C27H29F5OSi/c1-2-14-34-15-11-18(12-16-34)19-6-5-7-20(17-19)27(32)13-4-3-8-22(27)21-9-10-23(28)25(24(21)29)33-26(30)31/h3-10,17-18,26,34H,2,11-16H2,1H3/t18-,27?,34-. The molecule has 7 heteroatoms. The fraction of sp³-hybridized carbons (Fsp3) is 0.407. The van der Waals surface area contributed by atoms with E-state index in [0.29, 0.717) is 11.5 Å². The van der Waals surface area contributed by atoms with Gasteiger partial charge in [0.1, 0.15) is 0 Å². The van der Waals surface area contributed by atoms with Crippen LogP contribution in [0.1, 0.15) is 55.2 Å². The molecule has 1 aliphatic carbocycles. The van der Waals surface area contributed by atoms with Crippen molar-refractivity contribution in [2.24, 2.45) is 0 Å². The molecule has 0 aromatic heterocycles. The number of hydrogen-bond donors (Lipinski definition) is 0. The Morgan fingerprint density at radius 3 is 2.59 bits per heavy atom. The molecule has 0 N–H and O–H groups in total. The number of rotatable bonds is 7. The number of ether oxygens (including phenoxy) is 1. The van der Waals surface area contributed by atoms with E-state index in [2.05, 4.69) is 11.7 Å². The summed E-state index contributed by atoms with van der Waals surface area (Å²) in [6.45, 7) is -1.17. The average Bonchev–Trinajstić information content (AvgIpc) is 2.83. The molecular weight excluding hydrogens is 463 g/mol. The minimum atomic E-state index is -3.40. The van der Waals surface area contributed by atoms with Crippen LogP contribution in [0.25, 0.3) is 5.57 Å². The highest BCUT2D eigenvalue weighted by molar-refractivity contribution is 6.59. The molecule has 1 heterocycles. The van der Waals surface area contributed by atoms with Gasteiger partial charge in [0.05, 0.1) is 0 Å². The molecule has 34 heavy (non-hydrogen) atoms. The first-order valence-corrected chi connectivity index (χ1v) is 14.4. The monoisotopic (exact) mass is 492 g/mol. The third kappa shape index (κ3) is 4.99. The van der Waals surface area contributed by atoms with Crippen LogP contribution in [0.3, 0.4) is 0 Å². The Labute approximate surface area is 198 Å². The van der Waals surface area contributed by atoms with Gasteiger partial charge in [0.25, 0.3) is 0 Å². The maximum Gasteiger partial charge on any atom is 0.387 e. The Bertz CT molecular complexity index is 1070. The zero-order valence-electron chi connectivity index (χ0n) is 19.2. The second kappa shape index (κ2) is 10.5. The third-order valence-electron chi connectivity index (χ3n) is 7.13. The molecule has 0 amide bonds. The van der Waals surface area contributed by atoms with Gasteiger partial charge >= 0.3 is 6.61 Å². The molecule has 0 spiro atoms. The van der Waals surface area contributed by atoms with Crippen molar-refractivity contribution in [3.63, 3.8) is 0 Å². The van der Waals surface area contributed by atoms with Crippen molar-refractivity contribution in [2.45, 2.75) is 68.9 Å². The van der Waals surface area contributed by atoms with Crippen LogP contribution in [0.2, 0.25) is 18.1 Å². The quantitative estimate of drug-likeness (QED) is 0.279. The molecule has 1 atom stereocenters. The lowest BCUT2D eigenvalue weighted by Gasteiger charge is -2.32. The van der Waals surface area contributed by atoms with Gasteiger partial charge in [0, 0.05) is 26.4 Å². The minimum Gasteiger partial charge on any atom is -0.429 e. The van der Waals surface area contributed by atoms with Crippen LogP contribution in [-0.4, -0.2) is 15.4 Å². The number of benzene rings is 2. The van der Waals surface area contributed by atoms with Gasteiger partial charge in [-0.1, -0.05) is 74.0 Å². The third-order valence-corrected chi connectivity index (χ3v) is 10.8. The molecule has 1 nitrogen and oxygen atoms in total. The van der Waals surface area contributed by atoms with E-state index < -0.39 is 38.5 Å². The van der Waals surface area contributed by atoms with Crippen LogP contribution in [0.4, 0.5) is 22.0 Å². The number of halogens is 5. The van der Waals surface area contributed by atoms with Crippen LogP contribution >= 0.6 is 0 Å². The largest absolute Gasteiger partial charge is 0.429 e. The zero-order valence-corrected chi connectivity index (χ0v) is 20.3. The van der Waals surface area contributed by atoms with Crippen molar-refractivity contribution in [3.8, 4) is 5.75 Å². The summed E-state index contributed by atoms with van der Waals surface area (Å²) in [6.07, 6.45) is 8.09. The Kier molecular flexibility index (Phi) is 7.60. The van der Waals surface area contributed by atoms with E-state index in [4.69, 9.17) is 0 Å². The van der Waals surface area contributed by atoms with Crippen LogP contribution in [0, 0.1) is 11.6 Å². The first kappa shape index (κ1) is 24.7. The maximum atomic E-state index is 16.7. The topological polar surface area (TPSA) is 9.23 Å². The van der Waals surface area contributed by atoms with Gasteiger partial charge in [-0.15, -0.1) is 0 Å². The van der Waals surface area contributed by atoms with E-state index in [9.17, 15) is 13.2 Å². The summed E-state index contributed by atoms with van der Waals surface area (Å²) in [4.78, 5) is 0. The highest BCUT2D eigenvalue weighted by atomic mass is 28.3. The first-order chi connectivity index (χ1) is 16.3. The highest BCUT2D eigenvalue weighted by Gasteiger charge is 2.40. The lowest BCUT2D eigenvalue weighted by molar-refractivity contribution is -0.0546. The molecule has 2 aliphatic rings. The Morgan fingerprint density at radius 1 is 1.12 bits per heavy atom. The van der Waals surface area contributed by atoms with Crippen LogP contribution in [-0.2, 0) is 5.67 Å². The van der Waals surface area contributed by atoms with Gasteiger partial charge < -0.3 is 4.74 Å². The van der Waals surface area contributed by atoms with Crippen molar-refractivity contribution in [1.82, 2.24) is 0 Å². The van der Waals surface area contributed by atoms with Gasteiger partial charge in [-0.25, -0.2) is 13.2 Å². The van der Waals surface area contributed by atoms with Gasteiger partial charge in [-0.2, -0.15) is 8.78 Å². The highest BCUT2D eigenvalue weighted by Crippen LogP contribution is 2.48. The summed E-state index contributed by atoms with van der Waals surface area (Å²) in [7, 11) is -0.649. The number of alkyl halides is 3. The minimum absolute atomic E-state index is 0.0390. The molecule has 0 bridgehead atoms. The van der Waals surface area contributed by atoms with Crippen molar-refractivity contribution in [3.05, 3.63) is 83.0 Å². The molecular formula is C27H29F5OSi. The summed E-state index contributed by atoms with van der Waals surface area (Å²) in [5.74, 6) is -3.42. The Morgan fingerprint density at radius 2 is 1.88 bits per heavy atom. The SMILES string of the molecule is CCC[Si@H]1CC[C@H](c2cccc(C3(F)CC=CC=C3c3ccc(F)c(OC(F)F)c3F)c2)CC1. The fourth-order valence-corrected chi connectivity index (χ4v) is 8.81. The Hall–Kier alpha value is -2.41. The van der Waals surface area contributed by atoms with Gasteiger partial charge in [-0.3, -0.25) is 0 Å². The van der Waals surface area contributed by atoms with E-state index in [1.54, 1.807) is 18.2 Å². The van der Waals surface area contributed by atoms with Crippen LogP contribution in [0.5, 0.6) is 5.75 Å². The normalized spacial score (nSPS) is 24.9. The van der Waals surface area contributed by atoms with Crippen LogP contribution in [0.15, 0.2) is 54.6 Å². The van der Waals surface area contributed by atoms with E-state index in [0.717, 1.165) is 30.5 Å². The van der Waals surface area contributed by atoms with Crippen LogP contribution < -0.4 is 4.74 Å². The molecule has 1 unspecified atom stereocenters. The predicted octanol–water partition coefficient (Wildman–Crippen LogP) is 8.29. The summed E-state index contributed by atoms with van der Waals surface area (Å²) in [5.41, 5.74) is -0.954. The maximum absolute atomic E-state index is 16.7. The summed E-state index contributed by atoms with van der Waals surface area (Å²) >= 11 is 0. The fourth-order valence-electron chi connectivity index (χ4n) is 5.38. The first-order valence-electron chi connectivity index (χ1n) is 11.9. The van der Waals surface area contributed by atoms with Crippen molar-refractivity contribution in [1.29, 1.82) is 0 Å². The molecule has 0 saturated carbocycles. The molecule has 2 aromatic carbocycles. The molecule has 0 radical (unpaired) electrons. The second-order valence-corrected chi connectivity index (χ2v) is 12.7. The average molecular weight is 493 g/mol. The molecule has 182 valence electrons. The summed E-state index contributed by atoms with van der Waals surface area (Å²) in [6, 6.07) is 13.2. The van der Waals surface area contributed by atoms with E-state index >= 15 is 8.78 Å². The molecule has 1 aliphatic heterocycles. The predicted molar refractivity (Wildman–Crippen MR) is 128 cm³/mol. The molecule has 1 fully saturated rings. The molecule has 2 aromatic rings. The number of hydrogen-bond acceptors (Lipinski definition) is 1.